The van der Waals surface area contributed by atoms with E-state index < -0.39 is 17.8 Å². The van der Waals surface area contributed by atoms with Crippen molar-refractivity contribution in [1.29, 1.82) is 0 Å². The molecule has 0 aliphatic carbocycles. The molecule has 0 aromatic heterocycles. The lowest BCUT2D eigenvalue weighted by molar-refractivity contribution is -0.147. The lowest BCUT2D eigenvalue weighted by Gasteiger charge is -2.37. The van der Waals surface area contributed by atoms with Crippen molar-refractivity contribution in [3.63, 3.8) is 0 Å². The first kappa shape index (κ1) is 16.1. The van der Waals surface area contributed by atoms with E-state index in [1.165, 1.54) is 14.2 Å². The van der Waals surface area contributed by atoms with Crippen molar-refractivity contribution in [2.75, 3.05) is 14.2 Å². The van der Waals surface area contributed by atoms with Gasteiger partial charge in [-0.3, -0.25) is 4.79 Å². The van der Waals surface area contributed by atoms with Gasteiger partial charge in [-0.05, 0) is 19.4 Å². The summed E-state index contributed by atoms with van der Waals surface area (Å²) < 4.78 is 9.88. The van der Waals surface area contributed by atoms with Gasteiger partial charge < -0.3 is 14.8 Å². The Balaban J connectivity index is 2.61. The standard InChI is InChI=1S/C17H21NO4/c1-10-13(16(19)21-3)15(12-8-6-5-7-9-12)14(11(2)18-10)17(20)22-4/h5-10,13,15,18H,1-4H3/t10-,13-,15+/m1/s1. The van der Waals surface area contributed by atoms with Crippen LogP contribution in [0.2, 0.25) is 0 Å². The molecule has 0 bridgehead atoms. The Labute approximate surface area is 130 Å². The predicted molar refractivity (Wildman–Crippen MR) is 82.0 cm³/mol. The third-order valence-electron chi connectivity index (χ3n) is 4.09. The van der Waals surface area contributed by atoms with Gasteiger partial charge in [-0.25, -0.2) is 4.79 Å². The van der Waals surface area contributed by atoms with Crippen molar-refractivity contribution in [2.45, 2.75) is 25.8 Å². The number of benzene rings is 1. The van der Waals surface area contributed by atoms with Crippen LogP contribution in [-0.4, -0.2) is 32.2 Å². The lowest BCUT2D eigenvalue weighted by atomic mass is 9.74. The normalized spacial score (nSPS) is 24.5. The topological polar surface area (TPSA) is 64.6 Å². The molecule has 1 aliphatic heterocycles. The number of hydrogen-bond acceptors (Lipinski definition) is 5. The zero-order valence-corrected chi connectivity index (χ0v) is 13.3. The molecule has 1 N–H and O–H groups in total. The third kappa shape index (κ3) is 2.84. The van der Waals surface area contributed by atoms with Gasteiger partial charge in [0.05, 0.1) is 25.7 Å². The molecular weight excluding hydrogens is 282 g/mol. The molecule has 5 heteroatoms. The SMILES string of the molecule is COC(=O)C1=C(C)N[C@H](C)[C@@H](C(=O)OC)[C@@H]1c1ccccc1. The smallest absolute Gasteiger partial charge is 0.336 e. The highest BCUT2D eigenvalue weighted by Gasteiger charge is 2.44. The van der Waals surface area contributed by atoms with E-state index >= 15 is 0 Å². The van der Waals surface area contributed by atoms with Crippen LogP contribution in [-0.2, 0) is 19.1 Å². The Morgan fingerprint density at radius 1 is 1.09 bits per heavy atom. The van der Waals surface area contributed by atoms with Crippen LogP contribution < -0.4 is 5.32 Å². The van der Waals surface area contributed by atoms with Gasteiger partial charge in [0.1, 0.15) is 0 Å². The van der Waals surface area contributed by atoms with E-state index in [0.717, 1.165) is 11.3 Å². The van der Waals surface area contributed by atoms with Crippen LogP contribution in [0, 0.1) is 5.92 Å². The van der Waals surface area contributed by atoms with Gasteiger partial charge in [0.25, 0.3) is 0 Å². The quantitative estimate of drug-likeness (QED) is 0.865. The van der Waals surface area contributed by atoms with E-state index in [1.807, 2.05) is 44.2 Å². The summed E-state index contributed by atoms with van der Waals surface area (Å²) >= 11 is 0. The highest BCUT2D eigenvalue weighted by atomic mass is 16.5. The van der Waals surface area contributed by atoms with Crippen LogP contribution in [0.5, 0.6) is 0 Å². The van der Waals surface area contributed by atoms with Crippen LogP contribution in [0.3, 0.4) is 0 Å². The third-order valence-corrected chi connectivity index (χ3v) is 4.09. The molecule has 0 saturated heterocycles. The van der Waals surface area contributed by atoms with Crippen LogP contribution in [0.4, 0.5) is 0 Å². The summed E-state index contributed by atoms with van der Waals surface area (Å²) in [6.45, 7) is 3.74. The Morgan fingerprint density at radius 3 is 2.27 bits per heavy atom. The zero-order chi connectivity index (χ0) is 16.3. The fourth-order valence-electron chi connectivity index (χ4n) is 3.11. The minimum Gasteiger partial charge on any atom is -0.469 e. The Hall–Kier alpha value is -2.30. The first-order chi connectivity index (χ1) is 10.5. The molecule has 1 aromatic rings. The van der Waals surface area contributed by atoms with Crippen LogP contribution in [0.15, 0.2) is 41.6 Å². The molecular formula is C17H21NO4. The average molecular weight is 303 g/mol. The average Bonchev–Trinajstić information content (AvgIpc) is 2.53. The van der Waals surface area contributed by atoms with Crippen molar-refractivity contribution in [3.05, 3.63) is 47.2 Å². The molecule has 1 aromatic carbocycles. The van der Waals surface area contributed by atoms with E-state index in [-0.39, 0.29) is 12.0 Å². The molecule has 5 nitrogen and oxygen atoms in total. The van der Waals surface area contributed by atoms with E-state index in [4.69, 9.17) is 9.47 Å². The second kappa shape index (κ2) is 6.64. The number of nitrogens with one attached hydrogen (secondary N) is 1. The Morgan fingerprint density at radius 2 is 1.73 bits per heavy atom. The highest BCUT2D eigenvalue weighted by molar-refractivity contribution is 5.93. The van der Waals surface area contributed by atoms with Gasteiger partial charge in [0.2, 0.25) is 0 Å². The largest absolute Gasteiger partial charge is 0.469 e. The number of carbonyl (C=O) groups is 2. The molecule has 0 unspecified atom stereocenters. The lowest BCUT2D eigenvalue weighted by Crippen LogP contribution is -2.47. The van der Waals surface area contributed by atoms with Crippen molar-refractivity contribution < 1.29 is 19.1 Å². The van der Waals surface area contributed by atoms with E-state index in [9.17, 15) is 9.59 Å². The Kier molecular flexibility index (Phi) is 4.85. The van der Waals surface area contributed by atoms with Crippen molar-refractivity contribution >= 4 is 11.9 Å². The molecule has 118 valence electrons. The molecule has 0 radical (unpaired) electrons. The van der Waals surface area contributed by atoms with E-state index in [2.05, 4.69) is 5.32 Å². The molecule has 22 heavy (non-hydrogen) atoms. The number of methoxy groups -OCH3 is 2. The first-order valence-corrected chi connectivity index (χ1v) is 7.19. The van der Waals surface area contributed by atoms with Crippen LogP contribution in [0.25, 0.3) is 0 Å². The summed E-state index contributed by atoms with van der Waals surface area (Å²) in [5.74, 6) is -1.66. The minimum atomic E-state index is -0.495. The van der Waals surface area contributed by atoms with Gasteiger partial charge in [-0.2, -0.15) is 0 Å². The van der Waals surface area contributed by atoms with Gasteiger partial charge >= 0.3 is 11.9 Å². The fraction of sp³-hybridized carbons (Fsp3) is 0.412. The van der Waals surface area contributed by atoms with Crippen molar-refractivity contribution in [1.82, 2.24) is 5.32 Å². The van der Waals surface area contributed by atoms with Crippen LogP contribution in [0.1, 0.15) is 25.3 Å². The summed E-state index contributed by atoms with van der Waals surface area (Å²) in [6.07, 6.45) is 0. The van der Waals surface area contributed by atoms with Gasteiger partial charge in [0.15, 0.2) is 0 Å². The summed E-state index contributed by atoms with van der Waals surface area (Å²) in [7, 11) is 2.70. The highest BCUT2D eigenvalue weighted by Crippen LogP contribution is 2.39. The molecule has 0 amide bonds. The molecule has 0 fully saturated rings. The second-order valence-electron chi connectivity index (χ2n) is 5.40. The molecule has 0 spiro atoms. The Bertz CT molecular complexity index is 594. The van der Waals surface area contributed by atoms with Crippen molar-refractivity contribution in [3.8, 4) is 0 Å². The minimum absolute atomic E-state index is 0.147. The summed E-state index contributed by atoms with van der Waals surface area (Å²) in [5, 5.41) is 3.19. The summed E-state index contributed by atoms with van der Waals surface area (Å²) in [5.41, 5.74) is 2.10. The molecule has 0 saturated carbocycles. The maximum Gasteiger partial charge on any atom is 0.336 e. The number of rotatable bonds is 3. The number of esters is 2. The van der Waals surface area contributed by atoms with Gasteiger partial charge in [-0.1, -0.05) is 30.3 Å². The summed E-state index contributed by atoms with van der Waals surface area (Å²) in [4.78, 5) is 24.5. The second-order valence-corrected chi connectivity index (χ2v) is 5.40. The van der Waals surface area contributed by atoms with E-state index in [0.29, 0.717) is 5.57 Å². The predicted octanol–water partition coefficient (Wildman–Crippen LogP) is 2.00. The number of allylic oxidation sites excluding steroid dienone is 1. The monoisotopic (exact) mass is 303 g/mol. The fourth-order valence-corrected chi connectivity index (χ4v) is 3.11. The van der Waals surface area contributed by atoms with Crippen LogP contribution >= 0.6 is 0 Å². The van der Waals surface area contributed by atoms with E-state index in [1.54, 1.807) is 0 Å². The maximum absolute atomic E-state index is 12.3. The number of hydrogen-bond donors (Lipinski definition) is 1. The maximum atomic E-state index is 12.3. The van der Waals surface area contributed by atoms with Gasteiger partial charge in [0, 0.05) is 17.7 Å². The molecule has 1 heterocycles. The number of ether oxygens (including phenoxy) is 2. The first-order valence-electron chi connectivity index (χ1n) is 7.19. The molecule has 2 rings (SSSR count). The molecule has 3 atom stereocenters. The van der Waals surface area contributed by atoms with Gasteiger partial charge in [-0.15, -0.1) is 0 Å². The number of carbonyl (C=O) groups excluding carboxylic acids is 2. The zero-order valence-electron chi connectivity index (χ0n) is 13.3. The van der Waals surface area contributed by atoms with Crippen molar-refractivity contribution in [2.24, 2.45) is 5.92 Å². The molecule has 1 aliphatic rings. The summed E-state index contributed by atoms with van der Waals surface area (Å²) in [6, 6.07) is 9.35.